The monoisotopic (exact) mass is 202 g/mol. The van der Waals surface area contributed by atoms with Gasteiger partial charge in [-0.2, -0.15) is 0 Å². The van der Waals surface area contributed by atoms with E-state index in [1.165, 1.54) is 0 Å². The van der Waals surface area contributed by atoms with Gasteiger partial charge in [-0.25, -0.2) is 9.97 Å². The summed E-state index contributed by atoms with van der Waals surface area (Å²) in [5, 5.41) is 3.09. The molecule has 1 aromatic heterocycles. The molecule has 4 nitrogen and oxygen atoms in total. The lowest BCUT2D eigenvalue weighted by Gasteiger charge is -2.10. The summed E-state index contributed by atoms with van der Waals surface area (Å²) in [6.07, 6.45) is 1.73. The third-order valence-corrected chi connectivity index (χ3v) is 1.52. The molecule has 5 heteroatoms. The number of nitrogens with two attached hydrogens (primary N) is 1. The first kappa shape index (κ1) is 12.1. The van der Waals surface area contributed by atoms with Crippen molar-refractivity contribution in [1.82, 2.24) is 9.97 Å². The Morgan fingerprint density at radius 2 is 2.31 bits per heavy atom. The Hall–Kier alpha value is -0.870. The second-order valence-electron chi connectivity index (χ2n) is 2.80. The first-order valence-electron chi connectivity index (χ1n) is 3.98. The maximum atomic E-state index is 5.44. The number of anilines is 1. The number of rotatable bonds is 3. The van der Waals surface area contributed by atoms with Crippen LogP contribution < -0.4 is 11.1 Å². The van der Waals surface area contributed by atoms with Gasteiger partial charge >= 0.3 is 0 Å². The Bertz CT molecular complexity index is 254. The maximum absolute atomic E-state index is 5.44. The quantitative estimate of drug-likeness (QED) is 0.767. The van der Waals surface area contributed by atoms with Crippen molar-refractivity contribution in [3.05, 3.63) is 18.0 Å². The minimum atomic E-state index is 0. The fourth-order valence-corrected chi connectivity index (χ4v) is 0.798. The Morgan fingerprint density at radius 3 is 2.85 bits per heavy atom. The van der Waals surface area contributed by atoms with Crippen molar-refractivity contribution in [2.45, 2.75) is 19.9 Å². The minimum Gasteiger partial charge on any atom is -0.350 e. The van der Waals surface area contributed by atoms with Crippen molar-refractivity contribution in [2.24, 2.45) is 5.73 Å². The summed E-state index contributed by atoms with van der Waals surface area (Å²) in [5.41, 5.74) is 6.40. The fourth-order valence-electron chi connectivity index (χ4n) is 0.798. The van der Waals surface area contributed by atoms with Crippen LogP contribution in [-0.2, 0) is 0 Å². The van der Waals surface area contributed by atoms with Crippen LogP contribution in [0.4, 0.5) is 5.95 Å². The zero-order valence-corrected chi connectivity index (χ0v) is 8.64. The van der Waals surface area contributed by atoms with E-state index in [9.17, 15) is 0 Å². The minimum absolute atomic E-state index is 0. The van der Waals surface area contributed by atoms with E-state index >= 15 is 0 Å². The molecule has 0 saturated carbocycles. The van der Waals surface area contributed by atoms with Gasteiger partial charge in [0.25, 0.3) is 0 Å². The van der Waals surface area contributed by atoms with Crippen LogP contribution >= 0.6 is 12.4 Å². The highest BCUT2D eigenvalue weighted by molar-refractivity contribution is 5.85. The Kier molecular flexibility index (Phi) is 5.34. The zero-order valence-electron chi connectivity index (χ0n) is 7.82. The SMILES string of the molecule is Cc1ccnc(N[C@@H](C)CN)n1.Cl. The van der Waals surface area contributed by atoms with E-state index in [4.69, 9.17) is 5.73 Å². The second-order valence-corrected chi connectivity index (χ2v) is 2.80. The van der Waals surface area contributed by atoms with E-state index in [0.29, 0.717) is 12.5 Å². The van der Waals surface area contributed by atoms with Gasteiger partial charge in [0.2, 0.25) is 5.95 Å². The van der Waals surface area contributed by atoms with Crippen LogP contribution in [0.15, 0.2) is 12.3 Å². The van der Waals surface area contributed by atoms with Gasteiger partial charge < -0.3 is 11.1 Å². The molecule has 1 heterocycles. The van der Waals surface area contributed by atoms with E-state index in [1.54, 1.807) is 6.20 Å². The predicted molar refractivity (Wildman–Crippen MR) is 56.2 cm³/mol. The van der Waals surface area contributed by atoms with E-state index < -0.39 is 0 Å². The van der Waals surface area contributed by atoms with E-state index in [2.05, 4.69) is 15.3 Å². The average Bonchev–Trinajstić information content (AvgIpc) is 2.04. The number of halogens is 1. The van der Waals surface area contributed by atoms with Gasteiger partial charge in [0, 0.05) is 24.5 Å². The lowest BCUT2D eigenvalue weighted by atomic mass is 10.3. The lowest BCUT2D eigenvalue weighted by Crippen LogP contribution is -2.26. The molecule has 0 aromatic carbocycles. The van der Waals surface area contributed by atoms with Crippen molar-refractivity contribution in [1.29, 1.82) is 0 Å². The molecule has 0 aliphatic rings. The Morgan fingerprint density at radius 1 is 1.62 bits per heavy atom. The van der Waals surface area contributed by atoms with Gasteiger partial charge in [0.05, 0.1) is 0 Å². The third-order valence-electron chi connectivity index (χ3n) is 1.52. The number of hydrogen-bond acceptors (Lipinski definition) is 4. The summed E-state index contributed by atoms with van der Waals surface area (Å²) in [5.74, 6) is 0.646. The Balaban J connectivity index is 0.00000144. The van der Waals surface area contributed by atoms with Crippen LogP contribution in [-0.4, -0.2) is 22.6 Å². The molecule has 1 atom stereocenters. The normalized spacial score (nSPS) is 11.6. The number of aromatic nitrogens is 2. The highest BCUT2D eigenvalue weighted by atomic mass is 35.5. The van der Waals surface area contributed by atoms with Crippen molar-refractivity contribution < 1.29 is 0 Å². The topological polar surface area (TPSA) is 63.8 Å². The molecule has 0 fully saturated rings. The maximum Gasteiger partial charge on any atom is 0.223 e. The summed E-state index contributed by atoms with van der Waals surface area (Å²) in [4.78, 5) is 8.23. The molecule has 0 amide bonds. The summed E-state index contributed by atoms with van der Waals surface area (Å²) in [6.45, 7) is 4.50. The van der Waals surface area contributed by atoms with Crippen LogP contribution in [0.1, 0.15) is 12.6 Å². The standard InChI is InChI=1S/C8H14N4.ClH/c1-6-3-4-10-8(11-6)12-7(2)5-9;/h3-4,7H,5,9H2,1-2H3,(H,10,11,12);1H/t7-;/m0./s1. The first-order chi connectivity index (χ1) is 5.72. The Labute approximate surface area is 84.4 Å². The van der Waals surface area contributed by atoms with Crippen molar-refractivity contribution in [3.8, 4) is 0 Å². The molecule has 0 aliphatic carbocycles. The average molecular weight is 203 g/mol. The van der Waals surface area contributed by atoms with Gasteiger partial charge in [-0.1, -0.05) is 0 Å². The van der Waals surface area contributed by atoms with Crippen LogP contribution in [0.3, 0.4) is 0 Å². The third kappa shape index (κ3) is 4.05. The van der Waals surface area contributed by atoms with Gasteiger partial charge in [-0.05, 0) is 19.9 Å². The summed E-state index contributed by atoms with van der Waals surface area (Å²) < 4.78 is 0. The molecule has 0 saturated heterocycles. The van der Waals surface area contributed by atoms with Crippen LogP contribution in [0.5, 0.6) is 0 Å². The van der Waals surface area contributed by atoms with Gasteiger partial charge in [-0.3, -0.25) is 0 Å². The van der Waals surface area contributed by atoms with Gasteiger partial charge in [-0.15, -0.1) is 12.4 Å². The molecule has 74 valence electrons. The molecule has 0 spiro atoms. The predicted octanol–water partition coefficient (Wildman–Crippen LogP) is 0.966. The number of hydrogen-bond donors (Lipinski definition) is 2. The molecule has 0 radical (unpaired) electrons. The summed E-state index contributed by atoms with van der Waals surface area (Å²) in [6, 6.07) is 2.07. The lowest BCUT2D eigenvalue weighted by molar-refractivity contribution is 0.789. The summed E-state index contributed by atoms with van der Waals surface area (Å²) >= 11 is 0. The largest absolute Gasteiger partial charge is 0.350 e. The van der Waals surface area contributed by atoms with Gasteiger partial charge in [0.15, 0.2) is 0 Å². The molecule has 0 bridgehead atoms. The van der Waals surface area contributed by atoms with Crippen LogP contribution in [0.2, 0.25) is 0 Å². The first-order valence-corrected chi connectivity index (χ1v) is 3.98. The molecule has 1 rings (SSSR count). The molecule has 0 unspecified atom stereocenters. The van der Waals surface area contributed by atoms with Crippen molar-refractivity contribution in [2.75, 3.05) is 11.9 Å². The van der Waals surface area contributed by atoms with Crippen molar-refractivity contribution >= 4 is 18.4 Å². The summed E-state index contributed by atoms with van der Waals surface area (Å²) in [7, 11) is 0. The highest BCUT2D eigenvalue weighted by Gasteiger charge is 2.00. The second kappa shape index (κ2) is 5.72. The van der Waals surface area contributed by atoms with Crippen LogP contribution in [0.25, 0.3) is 0 Å². The van der Waals surface area contributed by atoms with Gasteiger partial charge in [0.1, 0.15) is 0 Å². The molecule has 13 heavy (non-hydrogen) atoms. The molecule has 1 aromatic rings. The van der Waals surface area contributed by atoms with E-state index in [0.717, 1.165) is 5.69 Å². The van der Waals surface area contributed by atoms with E-state index in [1.807, 2.05) is 19.9 Å². The highest BCUT2D eigenvalue weighted by Crippen LogP contribution is 1.99. The van der Waals surface area contributed by atoms with Crippen molar-refractivity contribution in [3.63, 3.8) is 0 Å². The number of nitrogens with one attached hydrogen (secondary N) is 1. The smallest absolute Gasteiger partial charge is 0.223 e. The molecular weight excluding hydrogens is 188 g/mol. The van der Waals surface area contributed by atoms with Crippen LogP contribution in [0, 0.1) is 6.92 Å². The molecule has 0 aliphatic heterocycles. The fraction of sp³-hybridized carbons (Fsp3) is 0.500. The zero-order chi connectivity index (χ0) is 8.97. The van der Waals surface area contributed by atoms with E-state index in [-0.39, 0.29) is 18.4 Å². The number of nitrogens with zero attached hydrogens (tertiary/aromatic N) is 2. The number of aryl methyl sites for hydroxylation is 1. The molecular formula is C8H15ClN4. The molecule has 3 N–H and O–H groups in total.